The molecule has 4 atom stereocenters. The highest BCUT2D eigenvalue weighted by molar-refractivity contribution is 4.81. The van der Waals surface area contributed by atoms with Crippen LogP contribution in [-0.4, -0.2) is 25.3 Å². The van der Waals surface area contributed by atoms with Gasteiger partial charge in [-0.1, -0.05) is 26.2 Å². The zero-order chi connectivity index (χ0) is 11.4. The summed E-state index contributed by atoms with van der Waals surface area (Å²) >= 11 is 0. The molecular formula is C14H27NO. The van der Waals surface area contributed by atoms with E-state index in [1.165, 1.54) is 45.1 Å². The van der Waals surface area contributed by atoms with Crippen molar-refractivity contribution in [2.45, 2.75) is 64.5 Å². The predicted molar refractivity (Wildman–Crippen MR) is 67.6 cm³/mol. The summed E-state index contributed by atoms with van der Waals surface area (Å²) in [6, 6.07) is 0.613. The van der Waals surface area contributed by atoms with Crippen molar-refractivity contribution < 1.29 is 4.74 Å². The molecule has 2 fully saturated rings. The van der Waals surface area contributed by atoms with Crippen molar-refractivity contribution in [1.82, 2.24) is 5.32 Å². The van der Waals surface area contributed by atoms with Crippen molar-refractivity contribution in [3.05, 3.63) is 0 Å². The lowest BCUT2D eigenvalue weighted by Crippen LogP contribution is -2.38. The fraction of sp³-hybridized carbons (Fsp3) is 1.00. The van der Waals surface area contributed by atoms with E-state index in [1.807, 2.05) is 0 Å². The summed E-state index contributed by atoms with van der Waals surface area (Å²) in [5, 5.41) is 3.72. The monoisotopic (exact) mass is 225 g/mol. The molecule has 1 aliphatic carbocycles. The second kappa shape index (κ2) is 6.02. The maximum absolute atomic E-state index is 5.59. The number of rotatable bonds is 4. The summed E-state index contributed by atoms with van der Waals surface area (Å²) in [6.07, 6.45) is 8.80. The Hall–Kier alpha value is -0.0800. The minimum absolute atomic E-state index is 0.422. The Morgan fingerprint density at radius 3 is 2.69 bits per heavy atom. The van der Waals surface area contributed by atoms with E-state index in [0.29, 0.717) is 12.1 Å². The Kier molecular flexibility index (Phi) is 4.66. The quantitative estimate of drug-likeness (QED) is 0.794. The van der Waals surface area contributed by atoms with Crippen molar-refractivity contribution in [2.75, 3.05) is 13.2 Å². The average molecular weight is 225 g/mol. The molecule has 2 rings (SSSR count). The summed E-state index contributed by atoms with van der Waals surface area (Å²) in [5.74, 6) is 1.92. The van der Waals surface area contributed by atoms with Crippen LogP contribution in [0.25, 0.3) is 0 Å². The SMILES string of the molecule is CCC1CCCC(CNC2CCOC2C)C1. The van der Waals surface area contributed by atoms with Gasteiger partial charge in [0, 0.05) is 12.6 Å². The minimum atomic E-state index is 0.422. The third-order valence-electron chi connectivity index (χ3n) is 4.51. The number of hydrogen-bond donors (Lipinski definition) is 1. The molecule has 0 spiro atoms. The summed E-state index contributed by atoms with van der Waals surface area (Å²) in [6.45, 7) is 6.70. The van der Waals surface area contributed by atoms with E-state index >= 15 is 0 Å². The lowest BCUT2D eigenvalue weighted by Gasteiger charge is -2.30. The van der Waals surface area contributed by atoms with Crippen LogP contribution in [0.15, 0.2) is 0 Å². The molecule has 2 heteroatoms. The van der Waals surface area contributed by atoms with E-state index in [-0.39, 0.29) is 0 Å². The molecular weight excluding hydrogens is 198 g/mol. The van der Waals surface area contributed by atoms with E-state index in [1.54, 1.807) is 0 Å². The summed E-state index contributed by atoms with van der Waals surface area (Å²) < 4.78 is 5.59. The van der Waals surface area contributed by atoms with E-state index in [2.05, 4.69) is 19.2 Å². The first-order valence-electron chi connectivity index (χ1n) is 7.14. The maximum Gasteiger partial charge on any atom is 0.0700 e. The molecule has 0 aromatic rings. The van der Waals surface area contributed by atoms with Gasteiger partial charge in [0.05, 0.1) is 6.10 Å². The van der Waals surface area contributed by atoms with Crippen LogP contribution in [0.2, 0.25) is 0 Å². The molecule has 1 N–H and O–H groups in total. The molecule has 1 saturated carbocycles. The van der Waals surface area contributed by atoms with Crippen LogP contribution in [-0.2, 0) is 4.74 Å². The minimum Gasteiger partial charge on any atom is -0.377 e. The van der Waals surface area contributed by atoms with Gasteiger partial charge in [-0.15, -0.1) is 0 Å². The van der Waals surface area contributed by atoms with Crippen molar-refractivity contribution in [3.8, 4) is 0 Å². The van der Waals surface area contributed by atoms with E-state index < -0.39 is 0 Å². The first kappa shape index (κ1) is 12.4. The molecule has 0 aromatic heterocycles. The molecule has 0 bridgehead atoms. The number of nitrogens with one attached hydrogen (secondary N) is 1. The van der Waals surface area contributed by atoms with Crippen LogP contribution < -0.4 is 5.32 Å². The standard InChI is InChI=1S/C14H27NO/c1-3-12-5-4-6-13(9-12)10-15-14-7-8-16-11(14)2/h11-15H,3-10H2,1-2H3. The van der Waals surface area contributed by atoms with Crippen LogP contribution >= 0.6 is 0 Å². The maximum atomic E-state index is 5.59. The van der Waals surface area contributed by atoms with Crippen LogP contribution in [0.4, 0.5) is 0 Å². The van der Waals surface area contributed by atoms with E-state index in [0.717, 1.165) is 18.4 Å². The van der Waals surface area contributed by atoms with E-state index in [4.69, 9.17) is 4.74 Å². The molecule has 0 amide bonds. The number of ether oxygens (including phenoxy) is 1. The molecule has 0 radical (unpaired) electrons. The number of hydrogen-bond acceptors (Lipinski definition) is 2. The molecule has 0 aromatic carbocycles. The van der Waals surface area contributed by atoms with Gasteiger partial charge in [0.2, 0.25) is 0 Å². The molecule has 4 unspecified atom stereocenters. The third-order valence-corrected chi connectivity index (χ3v) is 4.51. The van der Waals surface area contributed by atoms with Crippen molar-refractivity contribution in [2.24, 2.45) is 11.8 Å². The van der Waals surface area contributed by atoms with Crippen molar-refractivity contribution in [1.29, 1.82) is 0 Å². The van der Waals surface area contributed by atoms with Gasteiger partial charge in [-0.05, 0) is 44.6 Å². The van der Waals surface area contributed by atoms with Gasteiger partial charge in [0.15, 0.2) is 0 Å². The molecule has 1 aliphatic heterocycles. The Balaban J connectivity index is 1.68. The highest BCUT2D eigenvalue weighted by Crippen LogP contribution is 2.30. The molecule has 94 valence electrons. The lowest BCUT2D eigenvalue weighted by molar-refractivity contribution is 0.111. The Labute approximate surface area is 100 Å². The van der Waals surface area contributed by atoms with Crippen LogP contribution in [0.5, 0.6) is 0 Å². The first-order valence-corrected chi connectivity index (χ1v) is 7.14. The van der Waals surface area contributed by atoms with Gasteiger partial charge in [0.1, 0.15) is 0 Å². The van der Waals surface area contributed by atoms with Gasteiger partial charge < -0.3 is 10.1 Å². The fourth-order valence-corrected chi connectivity index (χ4v) is 3.28. The molecule has 2 nitrogen and oxygen atoms in total. The molecule has 2 aliphatic rings. The van der Waals surface area contributed by atoms with Crippen LogP contribution in [0.1, 0.15) is 52.4 Å². The second-order valence-electron chi connectivity index (χ2n) is 5.69. The third kappa shape index (κ3) is 3.21. The van der Waals surface area contributed by atoms with Gasteiger partial charge >= 0.3 is 0 Å². The van der Waals surface area contributed by atoms with Crippen LogP contribution in [0, 0.1) is 11.8 Å². The van der Waals surface area contributed by atoms with Gasteiger partial charge in [0.25, 0.3) is 0 Å². The lowest BCUT2D eigenvalue weighted by atomic mass is 9.80. The normalized spacial score (nSPS) is 40.1. The largest absolute Gasteiger partial charge is 0.377 e. The Bertz CT molecular complexity index is 207. The van der Waals surface area contributed by atoms with Gasteiger partial charge in [-0.2, -0.15) is 0 Å². The van der Waals surface area contributed by atoms with Gasteiger partial charge in [-0.3, -0.25) is 0 Å². The molecule has 1 saturated heterocycles. The Morgan fingerprint density at radius 1 is 1.19 bits per heavy atom. The fourth-order valence-electron chi connectivity index (χ4n) is 3.28. The molecule has 16 heavy (non-hydrogen) atoms. The summed E-state index contributed by atoms with van der Waals surface area (Å²) in [5.41, 5.74) is 0. The first-order chi connectivity index (χ1) is 7.79. The zero-order valence-corrected chi connectivity index (χ0v) is 10.9. The Morgan fingerprint density at radius 2 is 2.00 bits per heavy atom. The second-order valence-corrected chi connectivity index (χ2v) is 5.69. The van der Waals surface area contributed by atoms with Gasteiger partial charge in [-0.25, -0.2) is 0 Å². The topological polar surface area (TPSA) is 21.3 Å². The zero-order valence-electron chi connectivity index (χ0n) is 10.9. The average Bonchev–Trinajstić information content (AvgIpc) is 2.72. The van der Waals surface area contributed by atoms with Crippen LogP contribution in [0.3, 0.4) is 0 Å². The smallest absolute Gasteiger partial charge is 0.0700 e. The highest BCUT2D eigenvalue weighted by atomic mass is 16.5. The van der Waals surface area contributed by atoms with Crippen molar-refractivity contribution >= 4 is 0 Å². The molecule has 1 heterocycles. The summed E-state index contributed by atoms with van der Waals surface area (Å²) in [7, 11) is 0. The summed E-state index contributed by atoms with van der Waals surface area (Å²) in [4.78, 5) is 0. The van der Waals surface area contributed by atoms with E-state index in [9.17, 15) is 0 Å². The highest BCUT2D eigenvalue weighted by Gasteiger charge is 2.26. The predicted octanol–water partition coefficient (Wildman–Crippen LogP) is 2.97. The van der Waals surface area contributed by atoms with Crippen molar-refractivity contribution in [3.63, 3.8) is 0 Å².